The Hall–Kier alpha value is -3.72. The van der Waals surface area contributed by atoms with Gasteiger partial charge in [0.2, 0.25) is 0 Å². The topological polar surface area (TPSA) is 181 Å². The molecule has 9 nitrogen and oxygen atoms in total. The van der Waals surface area contributed by atoms with Gasteiger partial charge >= 0.3 is 23.9 Å². The summed E-state index contributed by atoms with van der Waals surface area (Å²) in [5.74, 6) is -7.04. The molecule has 2 aromatic rings. The molecule has 2 rings (SSSR count). The van der Waals surface area contributed by atoms with Gasteiger partial charge in [0.1, 0.15) is 0 Å². The summed E-state index contributed by atoms with van der Waals surface area (Å²) >= 11 is 0. The highest BCUT2D eigenvalue weighted by Crippen LogP contribution is 2.32. The van der Waals surface area contributed by atoms with Crippen molar-refractivity contribution in [3.8, 4) is 11.1 Å². The molecule has 0 fully saturated rings. The van der Waals surface area contributed by atoms with Gasteiger partial charge in [-0.3, -0.25) is 0 Å². The van der Waals surface area contributed by atoms with E-state index >= 15 is 0 Å². The van der Waals surface area contributed by atoms with Gasteiger partial charge in [-0.15, -0.1) is 0 Å². The van der Waals surface area contributed by atoms with Crippen molar-refractivity contribution < 1.29 is 45.1 Å². The minimum Gasteiger partial charge on any atom is -0.478 e. The zero-order valence-electron chi connectivity index (χ0n) is 12.4. The Morgan fingerprint density at radius 2 is 1.12 bits per heavy atom. The second-order valence-corrected chi connectivity index (χ2v) is 4.68. The first-order valence-electron chi connectivity index (χ1n) is 6.45. The lowest BCUT2D eigenvalue weighted by atomic mass is 9.88. The Kier molecular flexibility index (Phi) is 5.59. The third-order valence-electron chi connectivity index (χ3n) is 3.28. The highest BCUT2D eigenvalue weighted by atomic mass is 16.4. The molecule has 0 aromatic heterocycles. The van der Waals surface area contributed by atoms with Crippen LogP contribution in [0, 0.1) is 0 Å². The molecule has 0 heterocycles. The predicted octanol–water partition coefficient (Wildman–Crippen LogP) is 1.32. The number of rotatable bonds is 5. The molecule has 0 spiro atoms. The summed E-state index contributed by atoms with van der Waals surface area (Å²) in [6.07, 6.45) is 0. The van der Waals surface area contributed by atoms with E-state index in [2.05, 4.69) is 0 Å². The Balaban J connectivity index is 0.00000312. The van der Waals surface area contributed by atoms with Crippen molar-refractivity contribution in [1.29, 1.82) is 0 Å². The first-order chi connectivity index (χ1) is 11.3. The van der Waals surface area contributed by atoms with Crippen LogP contribution >= 0.6 is 0 Å². The number of carboxylic acid groups (broad SMARTS) is 4. The Bertz CT molecular complexity index is 869. The van der Waals surface area contributed by atoms with Gasteiger partial charge in [0.25, 0.3) is 0 Å². The van der Waals surface area contributed by atoms with E-state index in [1.165, 1.54) is 12.1 Å². The van der Waals surface area contributed by atoms with Gasteiger partial charge in [-0.2, -0.15) is 0 Å². The molecule has 0 aliphatic heterocycles. The smallest absolute Gasteiger partial charge is 0.337 e. The van der Waals surface area contributed by atoms with Gasteiger partial charge in [-0.05, 0) is 17.2 Å². The zero-order valence-corrected chi connectivity index (χ0v) is 12.4. The lowest BCUT2D eigenvalue weighted by Gasteiger charge is -2.14. The molecule has 0 aliphatic rings. The van der Waals surface area contributed by atoms with Gasteiger partial charge in [0.15, 0.2) is 0 Å². The SMILES string of the molecule is O.O=C(O)c1cc(-c2ccccc2)c(C(=O)O)c(C(=O)O)c1C(=O)O. The maximum atomic E-state index is 11.6. The summed E-state index contributed by atoms with van der Waals surface area (Å²) in [4.78, 5) is 45.8. The summed E-state index contributed by atoms with van der Waals surface area (Å²) in [6.45, 7) is 0. The number of hydrogen-bond donors (Lipinski definition) is 4. The molecule has 9 heteroatoms. The van der Waals surface area contributed by atoms with Gasteiger partial charge in [-0.25, -0.2) is 19.2 Å². The van der Waals surface area contributed by atoms with E-state index in [1.807, 2.05) is 0 Å². The highest BCUT2D eigenvalue weighted by molar-refractivity contribution is 6.16. The van der Waals surface area contributed by atoms with Crippen molar-refractivity contribution in [2.75, 3.05) is 0 Å². The predicted molar refractivity (Wildman–Crippen MR) is 83.3 cm³/mol. The molecule has 0 saturated heterocycles. The maximum absolute atomic E-state index is 11.6. The Labute approximate surface area is 139 Å². The largest absolute Gasteiger partial charge is 0.478 e. The average Bonchev–Trinajstić information content (AvgIpc) is 2.53. The third-order valence-corrected chi connectivity index (χ3v) is 3.28. The molecule has 0 radical (unpaired) electrons. The molecule has 25 heavy (non-hydrogen) atoms. The molecule has 0 amide bonds. The Morgan fingerprint density at radius 3 is 1.52 bits per heavy atom. The molecule has 0 aliphatic carbocycles. The second-order valence-electron chi connectivity index (χ2n) is 4.68. The number of carboxylic acids is 4. The van der Waals surface area contributed by atoms with E-state index in [-0.39, 0.29) is 16.6 Å². The summed E-state index contributed by atoms with van der Waals surface area (Å²) in [5, 5.41) is 37.1. The minimum atomic E-state index is -1.84. The lowest BCUT2D eigenvalue weighted by molar-refractivity contribution is 0.0620. The summed E-state index contributed by atoms with van der Waals surface area (Å²) in [6, 6.07) is 8.50. The summed E-state index contributed by atoms with van der Waals surface area (Å²) in [5.41, 5.74) is -3.68. The fraction of sp³-hybridized carbons (Fsp3) is 0. The molecule has 0 bridgehead atoms. The number of benzene rings is 2. The van der Waals surface area contributed by atoms with Crippen LogP contribution in [0.4, 0.5) is 0 Å². The zero-order chi connectivity index (χ0) is 18.0. The van der Waals surface area contributed by atoms with Crippen molar-refractivity contribution >= 4 is 23.9 Å². The number of hydrogen-bond acceptors (Lipinski definition) is 4. The van der Waals surface area contributed by atoms with E-state index < -0.39 is 46.1 Å². The van der Waals surface area contributed by atoms with Crippen LogP contribution in [0.1, 0.15) is 41.4 Å². The normalized spacial score (nSPS) is 9.76. The lowest BCUT2D eigenvalue weighted by Crippen LogP contribution is -2.20. The highest BCUT2D eigenvalue weighted by Gasteiger charge is 2.32. The van der Waals surface area contributed by atoms with Gasteiger partial charge in [-0.1, -0.05) is 30.3 Å². The van der Waals surface area contributed by atoms with E-state index in [0.717, 1.165) is 6.07 Å². The van der Waals surface area contributed by atoms with Gasteiger partial charge in [0.05, 0.1) is 22.3 Å². The van der Waals surface area contributed by atoms with Crippen LogP contribution in [0.3, 0.4) is 0 Å². The second kappa shape index (κ2) is 7.23. The minimum absolute atomic E-state index is 0. The quantitative estimate of drug-likeness (QED) is 0.624. The molecule has 2 aromatic carbocycles. The van der Waals surface area contributed by atoms with E-state index in [4.69, 9.17) is 0 Å². The maximum Gasteiger partial charge on any atom is 0.337 e. The standard InChI is InChI=1S/C16H10O8.H2O/c17-13(18)9-6-8(7-4-2-1-3-5-7)10(14(19)20)12(16(23)24)11(9)15(21)22;/h1-6H,(H,17,18)(H,19,20)(H,21,22)(H,23,24);1H2. The van der Waals surface area contributed by atoms with Crippen molar-refractivity contribution in [1.82, 2.24) is 0 Å². The molecule has 130 valence electrons. The van der Waals surface area contributed by atoms with Gasteiger partial charge < -0.3 is 25.9 Å². The summed E-state index contributed by atoms with van der Waals surface area (Å²) < 4.78 is 0. The van der Waals surface area contributed by atoms with Crippen LogP contribution in [-0.2, 0) is 0 Å². The molecular formula is C16H12O9. The number of aromatic carboxylic acids is 4. The van der Waals surface area contributed by atoms with Crippen LogP contribution in [0.25, 0.3) is 11.1 Å². The van der Waals surface area contributed by atoms with Crippen LogP contribution in [-0.4, -0.2) is 49.8 Å². The average molecular weight is 348 g/mol. The molecule has 0 saturated carbocycles. The van der Waals surface area contributed by atoms with Crippen molar-refractivity contribution in [2.45, 2.75) is 0 Å². The fourth-order valence-corrected chi connectivity index (χ4v) is 2.36. The monoisotopic (exact) mass is 348 g/mol. The first-order valence-corrected chi connectivity index (χ1v) is 6.45. The molecular weight excluding hydrogens is 336 g/mol. The van der Waals surface area contributed by atoms with E-state index in [9.17, 15) is 39.6 Å². The van der Waals surface area contributed by atoms with Crippen LogP contribution in [0.2, 0.25) is 0 Å². The van der Waals surface area contributed by atoms with E-state index in [0.29, 0.717) is 0 Å². The van der Waals surface area contributed by atoms with Crippen LogP contribution in [0.15, 0.2) is 36.4 Å². The van der Waals surface area contributed by atoms with Crippen LogP contribution in [0.5, 0.6) is 0 Å². The third kappa shape index (κ3) is 3.46. The van der Waals surface area contributed by atoms with Crippen molar-refractivity contribution in [3.05, 3.63) is 58.7 Å². The van der Waals surface area contributed by atoms with Gasteiger partial charge in [0, 0.05) is 0 Å². The first kappa shape index (κ1) is 19.3. The van der Waals surface area contributed by atoms with Crippen LogP contribution < -0.4 is 0 Å². The molecule has 0 atom stereocenters. The summed E-state index contributed by atoms with van der Waals surface area (Å²) in [7, 11) is 0. The van der Waals surface area contributed by atoms with Crippen molar-refractivity contribution in [2.24, 2.45) is 0 Å². The van der Waals surface area contributed by atoms with E-state index in [1.54, 1.807) is 18.2 Å². The molecule has 6 N–H and O–H groups in total. The number of carbonyl (C=O) groups is 4. The van der Waals surface area contributed by atoms with Crippen molar-refractivity contribution in [3.63, 3.8) is 0 Å². The molecule has 0 unspecified atom stereocenters. The fourth-order valence-electron chi connectivity index (χ4n) is 2.36. The Morgan fingerprint density at radius 1 is 0.640 bits per heavy atom.